The molecule has 0 atom stereocenters. The molecule has 0 amide bonds. The molecule has 86 valence electrons. The number of nitrogens with one attached hydrogen (secondary N) is 1. The minimum absolute atomic E-state index is 0.117. The standard InChI is InChI=1S/C10H8N4O3/c1-4-6-5(13-3-12-4)2-11-7-8(10(15)16)14-17-9(6)7/h3,11H,2H2,1H3,(H,15,16). The Morgan fingerprint density at radius 2 is 2.35 bits per heavy atom. The summed E-state index contributed by atoms with van der Waals surface area (Å²) < 4.78 is 5.08. The van der Waals surface area contributed by atoms with Gasteiger partial charge < -0.3 is 14.9 Å². The van der Waals surface area contributed by atoms with E-state index in [1.165, 1.54) is 6.33 Å². The molecule has 1 aliphatic heterocycles. The first-order valence-electron chi connectivity index (χ1n) is 4.96. The van der Waals surface area contributed by atoms with Crippen LogP contribution in [0.25, 0.3) is 11.3 Å². The summed E-state index contributed by atoms with van der Waals surface area (Å²) in [4.78, 5) is 19.1. The summed E-state index contributed by atoms with van der Waals surface area (Å²) in [6.45, 7) is 2.26. The summed E-state index contributed by atoms with van der Waals surface area (Å²) in [6.07, 6.45) is 1.47. The molecule has 0 unspecified atom stereocenters. The highest BCUT2D eigenvalue weighted by atomic mass is 16.5. The molecular formula is C10H8N4O3. The van der Waals surface area contributed by atoms with E-state index in [0.717, 1.165) is 17.0 Å². The SMILES string of the molecule is Cc1ncnc2c1-c1onc(C(=O)O)c1NC2. The molecule has 0 fully saturated rings. The number of hydrogen-bond donors (Lipinski definition) is 2. The number of aromatic carboxylic acids is 1. The molecule has 2 aromatic rings. The Hall–Kier alpha value is -2.44. The smallest absolute Gasteiger partial charge is 0.360 e. The van der Waals surface area contributed by atoms with Gasteiger partial charge in [0.15, 0.2) is 5.76 Å². The van der Waals surface area contributed by atoms with Crippen LogP contribution in [0.1, 0.15) is 21.9 Å². The molecule has 0 saturated carbocycles. The third-order valence-corrected chi connectivity index (χ3v) is 2.67. The highest BCUT2D eigenvalue weighted by Gasteiger charge is 2.29. The van der Waals surface area contributed by atoms with E-state index in [4.69, 9.17) is 9.63 Å². The summed E-state index contributed by atoms with van der Waals surface area (Å²) in [7, 11) is 0. The number of carboxylic acid groups (broad SMARTS) is 1. The fourth-order valence-electron chi connectivity index (χ4n) is 1.90. The second-order valence-corrected chi connectivity index (χ2v) is 3.67. The molecule has 2 N–H and O–H groups in total. The zero-order chi connectivity index (χ0) is 12.0. The molecule has 0 bridgehead atoms. The predicted octanol–water partition coefficient (Wildman–Crippen LogP) is 1.06. The van der Waals surface area contributed by atoms with Crippen molar-refractivity contribution in [3.63, 3.8) is 0 Å². The van der Waals surface area contributed by atoms with Crippen molar-refractivity contribution in [1.82, 2.24) is 15.1 Å². The maximum atomic E-state index is 10.9. The molecule has 7 heteroatoms. The van der Waals surface area contributed by atoms with Gasteiger partial charge in [-0.3, -0.25) is 0 Å². The molecule has 1 aliphatic rings. The number of hydrogen-bond acceptors (Lipinski definition) is 6. The Bertz CT molecular complexity index is 620. The van der Waals surface area contributed by atoms with Crippen LogP contribution in [0.3, 0.4) is 0 Å². The van der Waals surface area contributed by atoms with E-state index in [-0.39, 0.29) is 5.69 Å². The minimum Gasteiger partial charge on any atom is -0.476 e. The van der Waals surface area contributed by atoms with Gasteiger partial charge in [0.25, 0.3) is 0 Å². The van der Waals surface area contributed by atoms with Crippen molar-refractivity contribution in [1.29, 1.82) is 0 Å². The lowest BCUT2D eigenvalue weighted by Crippen LogP contribution is -2.13. The second kappa shape index (κ2) is 3.27. The molecule has 0 spiro atoms. The van der Waals surface area contributed by atoms with Crippen LogP contribution in [0.4, 0.5) is 5.69 Å². The molecule has 0 aromatic carbocycles. The molecule has 0 aliphatic carbocycles. The van der Waals surface area contributed by atoms with Crippen LogP contribution >= 0.6 is 0 Å². The molecule has 17 heavy (non-hydrogen) atoms. The molecule has 2 aromatic heterocycles. The van der Waals surface area contributed by atoms with Gasteiger partial charge in [0.2, 0.25) is 5.69 Å². The van der Waals surface area contributed by atoms with Gasteiger partial charge in [0.05, 0.1) is 23.5 Å². The van der Waals surface area contributed by atoms with Crippen LogP contribution in [-0.4, -0.2) is 26.2 Å². The summed E-state index contributed by atoms with van der Waals surface area (Å²) >= 11 is 0. The maximum absolute atomic E-state index is 10.9. The van der Waals surface area contributed by atoms with Gasteiger partial charge >= 0.3 is 5.97 Å². The van der Waals surface area contributed by atoms with Crippen molar-refractivity contribution >= 4 is 11.7 Å². The van der Waals surface area contributed by atoms with Gasteiger partial charge in [-0.15, -0.1) is 0 Å². The molecule has 3 rings (SSSR count). The van der Waals surface area contributed by atoms with E-state index in [0.29, 0.717) is 18.0 Å². The van der Waals surface area contributed by atoms with E-state index in [1.807, 2.05) is 6.92 Å². The average Bonchev–Trinajstić information content (AvgIpc) is 2.72. The first kappa shape index (κ1) is 9.76. The minimum atomic E-state index is -1.12. The van der Waals surface area contributed by atoms with E-state index in [1.54, 1.807) is 0 Å². The predicted molar refractivity (Wildman–Crippen MR) is 56.6 cm³/mol. The fourth-order valence-corrected chi connectivity index (χ4v) is 1.90. The number of anilines is 1. The van der Waals surface area contributed by atoms with Gasteiger partial charge in [-0.1, -0.05) is 5.16 Å². The maximum Gasteiger partial charge on any atom is 0.360 e. The lowest BCUT2D eigenvalue weighted by molar-refractivity contribution is 0.0687. The van der Waals surface area contributed by atoms with Crippen LogP contribution in [0.5, 0.6) is 0 Å². The zero-order valence-electron chi connectivity index (χ0n) is 8.89. The third kappa shape index (κ3) is 1.28. The van der Waals surface area contributed by atoms with Gasteiger partial charge in [0, 0.05) is 0 Å². The molecule has 7 nitrogen and oxygen atoms in total. The van der Waals surface area contributed by atoms with Gasteiger partial charge in [0.1, 0.15) is 12.0 Å². The normalized spacial score (nSPS) is 12.5. The van der Waals surface area contributed by atoms with Crippen molar-refractivity contribution < 1.29 is 14.4 Å². The Balaban J connectivity index is 2.27. The largest absolute Gasteiger partial charge is 0.476 e. The zero-order valence-corrected chi connectivity index (χ0v) is 8.89. The number of nitrogens with zero attached hydrogens (tertiary/aromatic N) is 3. The molecule has 3 heterocycles. The molecular weight excluding hydrogens is 224 g/mol. The Morgan fingerprint density at radius 1 is 1.53 bits per heavy atom. The summed E-state index contributed by atoms with van der Waals surface area (Å²) in [5.41, 5.74) is 2.52. The van der Waals surface area contributed by atoms with E-state index in [2.05, 4.69) is 20.4 Å². The number of rotatable bonds is 1. The summed E-state index contributed by atoms with van der Waals surface area (Å²) in [6, 6.07) is 0. The quantitative estimate of drug-likeness (QED) is 0.757. The Morgan fingerprint density at radius 3 is 3.12 bits per heavy atom. The highest BCUT2D eigenvalue weighted by Crippen LogP contribution is 2.38. The Labute approximate surface area is 95.5 Å². The van der Waals surface area contributed by atoms with E-state index >= 15 is 0 Å². The number of aryl methyl sites for hydroxylation is 1. The van der Waals surface area contributed by atoms with Crippen molar-refractivity contribution in [3.8, 4) is 11.3 Å². The van der Waals surface area contributed by atoms with Crippen molar-refractivity contribution in [2.45, 2.75) is 13.5 Å². The topological polar surface area (TPSA) is 101 Å². The number of carboxylic acids is 1. The van der Waals surface area contributed by atoms with Crippen molar-refractivity contribution in [2.24, 2.45) is 0 Å². The third-order valence-electron chi connectivity index (χ3n) is 2.67. The first-order chi connectivity index (χ1) is 8.18. The van der Waals surface area contributed by atoms with Gasteiger partial charge in [-0.2, -0.15) is 0 Å². The van der Waals surface area contributed by atoms with Crippen LogP contribution in [-0.2, 0) is 6.54 Å². The van der Waals surface area contributed by atoms with Crippen molar-refractivity contribution in [2.75, 3.05) is 5.32 Å². The number of fused-ring (bicyclic) bond motifs is 3. The van der Waals surface area contributed by atoms with E-state index in [9.17, 15) is 4.79 Å². The van der Waals surface area contributed by atoms with Crippen LogP contribution in [0.15, 0.2) is 10.9 Å². The summed E-state index contributed by atoms with van der Waals surface area (Å²) in [5.74, 6) is -0.734. The van der Waals surface area contributed by atoms with E-state index < -0.39 is 5.97 Å². The number of aromatic nitrogens is 3. The highest BCUT2D eigenvalue weighted by molar-refractivity contribution is 5.97. The second-order valence-electron chi connectivity index (χ2n) is 3.67. The van der Waals surface area contributed by atoms with Gasteiger partial charge in [-0.05, 0) is 6.92 Å². The summed E-state index contributed by atoms with van der Waals surface area (Å²) in [5, 5.41) is 15.4. The van der Waals surface area contributed by atoms with Crippen LogP contribution in [0.2, 0.25) is 0 Å². The lowest BCUT2D eigenvalue weighted by atomic mass is 10.0. The Kier molecular flexibility index (Phi) is 1.88. The average molecular weight is 232 g/mol. The van der Waals surface area contributed by atoms with Crippen LogP contribution < -0.4 is 5.32 Å². The fraction of sp³-hybridized carbons (Fsp3) is 0.200. The number of carbonyl (C=O) groups is 1. The van der Waals surface area contributed by atoms with Crippen LogP contribution in [0, 0.1) is 6.92 Å². The lowest BCUT2D eigenvalue weighted by Gasteiger charge is -2.16. The molecule has 0 radical (unpaired) electrons. The first-order valence-corrected chi connectivity index (χ1v) is 4.96. The van der Waals surface area contributed by atoms with Gasteiger partial charge in [-0.25, -0.2) is 14.8 Å². The molecule has 0 saturated heterocycles. The van der Waals surface area contributed by atoms with Crippen molar-refractivity contribution in [3.05, 3.63) is 23.4 Å². The monoisotopic (exact) mass is 232 g/mol.